The first kappa shape index (κ1) is 18.3. The molecule has 5 heteroatoms. The van der Waals surface area contributed by atoms with Crippen LogP contribution in [0.25, 0.3) is 10.9 Å². The molecule has 1 N–H and O–H groups in total. The summed E-state index contributed by atoms with van der Waals surface area (Å²) in [4.78, 5) is 32.9. The van der Waals surface area contributed by atoms with Crippen LogP contribution in [0.1, 0.15) is 35.7 Å². The SMILES string of the molecule is CC[C@H]1CN(C(=O)c2ccc3[nH]ccc3c2)CCC(=O)N1Cc1ccccc1. The lowest BCUT2D eigenvalue weighted by molar-refractivity contribution is -0.133. The molecule has 0 spiro atoms. The number of hydrogen-bond donors (Lipinski definition) is 1. The Balaban J connectivity index is 1.54. The van der Waals surface area contributed by atoms with Crippen molar-refractivity contribution in [3.63, 3.8) is 0 Å². The van der Waals surface area contributed by atoms with E-state index in [2.05, 4.69) is 11.9 Å². The van der Waals surface area contributed by atoms with Gasteiger partial charge >= 0.3 is 0 Å². The summed E-state index contributed by atoms with van der Waals surface area (Å²) in [6, 6.07) is 17.7. The minimum atomic E-state index is -0.00379. The number of H-pyrrole nitrogens is 1. The summed E-state index contributed by atoms with van der Waals surface area (Å²) in [7, 11) is 0. The van der Waals surface area contributed by atoms with E-state index in [1.54, 1.807) is 0 Å². The third-order valence-corrected chi connectivity index (χ3v) is 5.54. The fraction of sp³-hybridized carbons (Fsp3) is 0.304. The van der Waals surface area contributed by atoms with Gasteiger partial charge in [-0.25, -0.2) is 0 Å². The molecule has 0 unspecified atom stereocenters. The Bertz CT molecular complexity index is 980. The van der Waals surface area contributed by atoms with Crippen LogP contribution in [0, 0.1) is 0 Å². The Kier molecular flexibility index (Phi) is 5.15. The van der Waals surface area contributed by atoms with Gasteiger partial charge in [-0.2, -0.15) is 0 Å². The van der Waals surface area contributed by atoms with Crippen molar-refractivity contribution in [2.75, 3.05) is 13.1 Å². The van der Waals surface area contributed by atoms with Gasteiger partial charge in [0.1, 0.15) is 0 Å². The molecular weight excluding hydrogens is 350 g/mol. The van der Waals surface area contributed by atoms with Crippen molar-refractivity contribution in [3.8, 4) is 0 Å². The number of fused-ring (bicyclic) bond motifs is 1. The van der Waals surface area contributed by atoms with E-state index in [-0.39, 0.29) is 17.9 Å². The summed E-state index contributed by atoms with van der Waals surface area (Å²) in [6.45, 7) is 3.70. The summed E-state index contributed by atoms with van der Waals surface area (Å²) < 4.78 is 0. The van der Waals surface area contributed by atoms with Gasteiger partial charge in [0.2, 0.25) is 5.91 Å². The van der Waals surface area contributed by atoms with E-state index in [1.807, 2.05) is 70.6 Å². The van der Waals surface area contributed by atoms with E-state index in [1.165, 1.54) is 0 Å². The maximum Gasteiger partial charge on any atom is 0.253 e. The van der Waals surface area contributed by atoms with Gasteiger partial charge in [0.15, 0.2) is 0 Å². The number of carbonyl (C=O) groups excluding carboxylic acids is 2. The predicted molar refractivity (Wildman–Crippen MR) is 110 cm³/mol. The smallest absolute Gasteiger partial charge is 0.253 e. The van der Waals surface area contributed by atoms with Crippen molar-refractivity contribution in [1.82, 2.24) is 14.8 Å². The molecule has 0 bridgehead atoms. The molecule has 0 radical (unpaired) electrons. The molecule has 1 aliphatic heterocycles. The lowest BCUT2D eigenvalue weighted by atomic mass is 10.1. The lowest BCUT2D eigenvalue weighted by Gasteiger charge is -2.31. The number of nitrogens with one attached hydrogen (secondary N) is 1. The van der Waals surface area contributed by atoms with E-state index in [9.17, 15) is 9.59 Å². The van der Waals surface area contributed by atoms with Crippen molar-refractivity contribution < 1.29 is 9.59 Å². The standard InChI is InChI=1S/C23H25N3O2/c1-2-20-16-25(23(28)19-8-9-21-18(14-19)10-12-24-21)13-11-22(27)26(20)15-17-6-4-3-5-7-17/h3-10,12,14,20,24H,2,11,13,15-16H2,1H3/t20-/m0/s1. The van der Waals surface area contributed by atoms with E-state index in [4.69, 9.17) is 0 Å². The monoisotopic (exact) mass is 375 g/mol. The Morgan fingerprint density at radius 1 is 1.14 bits per heavy atom. The third-order valence-electron chi connectivity index (χ3n) is 5.54. The topological polar surface area (TPSA) is 56.4 Å². The first-order valence-electron chi connectivity index (χ1n) is 9.85. The predicted octanol–water partition coefficient (Wildman–Crippen LogP) is 3.82. The van der Waals surface area contributed by atoms with Crippen LogP contribution >= 0.6 is 0 Å². The average molecular weight is 375 g/mol. The molecule has 144 valence electrons. The Hall–Kier alpha value is -3.08. The number of aromatic nitrogens is 1. The second-order valence-electron chi connectivity index (χ2n) is 7.35. The van der Waals surface area contributed by atoms with E-state index in [0.717, 1.165) is 22.9 Å². The van der Waals surface area contributed by atoms with Gasteiger partial charge in [0, 0.05) is 54.8 Å². The molecule has 2 amide bonds. The number of amides is 2. The zero-order valence-electron chi connectivity index (χ0n) is 16.1. The van der Waals surface area contributed by atoms with Gasteiger partial charge < -0.3 is 14.8 Å². The maximum absolute atomic E-state index is 13.1. The summed E-state index contributed by atoms with van der Waals surface area (Å²) in [6.07, 6.45) is 3.05. The van der Waals surface area contributed by atoms with E-state index in [0.29, 0.717) is 31.6 Å². The summed E-state index contributed by atoms with van der Waals surface area (Å²) in [5, 5.41) is 1.02. The molecule has 1 saturated heterocycles. The zero-order valence-corrected chi connectivity index (χ0v) is 16.1. The number of aromatic amines is 1. The van der Waals surface area contributed by atoms with E-state index >= 15 is 0 Å². The largest absolute Gasteiger partial charge is 0.361 e. The lowest BCUT2D eigenvalue weighted by Crippen LogP contribution is -2.43. The first-order chi connectivity index (χ1) is 13.7. The van der Waals surface area contributed by atoms with Crippen molar-refractivity contribution in [3.05, 3.63) is 71.9 Å². The van der Waals surface area contributed by atoms with Crippen LogP contribution in [0.15, 0.2) is 60.8 Å². The van der Waals surface area contributed by atoms with Gasteiger partial charge in [-0.1, -0.05) is 37.3 Å². The number of nitrogens with zero attached hydrogens (tertiary/aromatic N) is 2. The molecule has 1 fully saturated rings. The summed E-state index contributed by atoms with van der Waals surface area (Å²) in [5.74, 6) is 0.114. The molecule has 5 nitrogen and oxygen atoms in total. The van der Waals surface area contributed by atoms with Gasteiger partial charge in [-0.05, 0) is 36.2 Å². The number of carbonyl (C=O) groups is 2. The van der Waals surface area contributed by atoms with Crippen LogP contribution in [0.4, 0.5) is 0 Å². The molecule has 1 atom stereocenters. The highest BCUT2D eigenvalue weighted by molar-refractivity contribution is 5.98. The highest BCUT2D eigenvalue weighted by Crippen LogP contribution is 2.21. The summed E-state index contributed by atoms with van der Waals surface area (Å²) >= 11 is 0. The van der Waals surface area contributed by atoms with Crippen LogP contribution in [0.5, 0.6) is 0 Å². The van der Waals surface area contributed by atoms with E-state index < -0.39 is 0 Å². The molecule has 28 heavy (non-hydrogen) atoms. The van der Waals surface area contributed by atoms with Gasteiger partial charge in [0.25, 0.3) is 5.91 Å². The number of benzene rings is 2. The number of rotatable bonds is 4. The molecular formula is C23H25N3O2. The van der Waals surface area contributed by atoms with Crippen molar-refractivity contribution >= 4 is 22.7 Å². The van der Waals surface area contributed by atoms with Gasteiger partial charge in [-0.15, -0.1) is 0 Å². The number of hydrogen-bond acceptors (Lipinski definition) is 2. The first-order valence-corrected chi connectivity index (χ1v) is 9.85. The maximum atomic E-state index is 13.1. The Morgan fingerprint density at radius 3 is 2.75 bits per heavy atom. The second kappa shape index (κ2) is 7.89. The van der Waals surface area contributed by atoms with Crippen LogP contribution in [0.2, 0.25) is 0 Å². The molecule has 1 aromatic heterocycles. The molecule has 1 aliphatic rings. The third kappa shape index (κ3) is 3.65. The molecule has 0 aliphatic carbocycles. The Labute approximate surface area is 165 Å². The molecule has 4 rings (SSSR count). The van der Waals surface area contributed by atoms with Crippen LogP contribution in [-0.4, -0.2) is 45.7 Å². The molecule has 2 aromatic carbocycles. The summed E-state index contributed by atoms with van der Waals surface area (Å²) in [5.41, 5.74) is 2.81. The van der Waals surface area contributed by atoms with Crippen molar-refractivity contribution in [2.45, 2.75) is 32.4 Å². The molecule has 0 saturated carbocycles. The van der Waals surface area contributed by atoms with Crippen LogP contribution in [0.3, 0.4) is 0 Å². The van der Waals surface area contributed by atoms with Gasteiger partial charge in [-0.3, -0.25) is 9.59 Å². The van der Waals surface area contributed by atoms with Crippen LogP contribution < -0.4 is 0 Å². The van der Waals surface area contributed by atoms with Crippen LogP contribution in [-0.2, 0) is 11.3 Å². The average Bonchev–Trinajstić information content (AvgIpc) is 3.14. The fourth-order valence-electron chi connectivity index (χ4n) is 3.92. The van der Waals surface area contributed by atoms with Crippen molar-refractivity contribution in [2.24, 2.45) is 0 Å². The highest BCUT2D eigenvalue weighted by Gasteiger charge is 2.31. The Morgan fingerprint density at radius 2 is 1.96 bits per heavy atom. The normalized spacial score (nSPS) is 17.8. The minimum Gasteiger partial charge on any atom is -0.361 e. The highest BCUT2D eigenvalue weighted by atomic mass is 16.2. The zero-order chi connectivity index (χ0) is 19.5. The second-order valence-corrected chi connectivity index (χ2v) is 7.35. The van der Waals surface area contributed by atoms with Gasteiger partial charge in [0.05, 0.1) is 0 Å². The fourth-order valence-corrected chi connectivity index (χ4v) is 3.92. The molecule has 2 heterocycles. The molecule has 3 aromatic rings. The quantitative estimate of drug-likeness (QED) is 0.754. The van der Waals surface area contributed by atoms with Crippen molar-refractivity contribution in [1.29, 1.82) is 0 Å². The minimum absolute atomic E-state index is 0.00379.